The summed E-state index contributed by atoms with van der Waals surface area (Å²) in [6.07, 6.45) is 0. The van der Waals surface area contributed by atoms with Crippen molar-refractivity contribution in [1.82, 2.24) is 5.32 Å². The molecule has 0 aliphatic heterocycles. The molecule has 0 fully saturated rings. The first kappa shape index (κ1) is 16.7. The lowest BCUT2D eigenvalue weighted by atomic mass is 10.2. The fourth-order valence-corrected chi connectivity index (χ4v) is 3.16. The second kappa shape index (κ2) is 7.07. The molecule has 1 amide bonds. The summed E-state index contributed by atoms with van der Waals surface area (Å²) in [5.41, 5.74) is 0. The van der Waals surface area contributed by atoms with Crippen molar-refractivity contribution >= 4 is 44.9 Å². The third-order valence-corrected chi connectivity index (χ3v) is 4.46. The number of nitrogens with one attached hydrogen (secondary N) is 1. The summed E-state index contributed by atoms with van der Waals surface area (Å²) in [5, 5.41) is 3.44. The summed E-state index contributed by atoms with van der Waals surface area (Å²) in [7, 11) is 0. The van der Waals surface area contributed by atoms with Gasteiger partial charge in [0.25, 0.3) is 5.91 Å². The van der Waals surface area contributed by atoms with Crippen LogP contribution in [-0.4, -0.2) is 25.0 Å². The monoisotopic (exact) mass is 343 g/mol. The van der Waals surface area contributed by atoms with Crippen LogP contribution in [0.5, 0.6) is 0 Å². The Balaban J connectivity index is 2.04. The largest absolute Gasteiger partial charge is 0.451 e. The Kier molecular flexibility index (Phi) is 5.37. The van der Waals surface area contributed by atoms with Crippen LogP contribution in [0.15, 0.2) is 18.2 Å². The number of rotatable bonds is 5. The fraction of sp³-hybridized carbons (Fsp3) is 0.333. The summed E-state index contributed by atoms with van der Waals surface area (Å²) in [6.45, 7) is 4.06. The van der Waals surface area contributed by atoms with Crippen molar-refractivity contribution in [2.24, 2.45) is 5.92 Å². The summed E-state index contributed by atoms with van der Waals surface area (Å²) in [5.74, 6) is -1.15. The van der Waals surface area contributed by atoms with E-state index in [1.54, 1.807) is 0 Å². The Bertz CT molecular complexity index is 714. The molecule has 4 nitrogen and oxygen atoms in total. The van der Waals surface area contributed by atoms with Gasteiger partial charge in [-0.15, -0.1) is 11.3 Å². The first-order valence-corrected chi connectivity index (χ1v) is 7.89. The van der Waals surface area contributed by atoms with Crippen molar-refractivity contribution < 1.29 is 18.7 Å². The van der Waals surface area contributed by atoms with Crippen molar-refractivity contribution in [3.8, 4) is 0 Å². The average molecular weight is 344 g/mol. The summed E-state index contributed by atoms with van der Waals surface area (Å²) in [6, 6.07) is 4.09. The van der Waals surface area contributed by atoms with Crippen LogP contribution in [0.3, 0.4) is 0 Å². The quantitative estimate of drug-likeness (QED) is 0.843. The Labute approximate surface area is 136 Å². The topological polar surface area (TPSA) is 55.4 Å². The number of amides is 1. The van der Waals surface area contributed by atoms with Gasteiger partial charge in [-0.3, -0.25) is 4.79 Å². The molecule has 0 saturated carbocycles. The van der Waals surface area contributed by atoms with Gasteiger partial charge in [-0.05, 0) is 24.1 Å². The van der Waals surface area contributed by atoms with Gasteiger partial charge >= 0.3 is 5.97 Å². The first-order valence-electron chi connectivity index (χ1n) is 6.70. The minimum absolute atomic E-state index is 0.166. The molecule has 7 heteroatoms. The van der Waals surface area contributed by atoms with Gasteiger partial charge in [-0.1, -0.05) is 25.4 Å². The molecule has 0 spiro atoms. The second-order valence-electron chi connectivity index (χ2n) is 5.16. The molecule has 22 heavy (non-hydrogen) atoms. The van der Waals surface area contributed by atoms with E-state index in [-0.39, 0.29) is 22.4 Å². The number of ether oxygens (including phenoxy) is 1. The predicted octanol–water partition coefficient (Wildman–Crippen LogP) is 3.62. The highest BCUT2D eigenvalue weighted by Crippen LogP contribution is 2.36. The molecule has 0 aliphatic rings. The highest BCUT2D eigenvalue weighted by atomic mass is 35.5. The van der Waals surface area contributed by atoms with E-state index in [4.69, 9.17) is 16.3 Å². The van der Waals surface area contributed by atoms with Crippen LogP contribution >= 0.6 is 22.9 Å². The molecule has 1 aromatic carbocycles. The number of carbonyl (C=O) groups is 2. The van der Waals surface area contributed by atoms with Gasteiger partial charge in [0.05, 0.1) is 5.02 Å². The number of hydrogen-bond acceptors (Lipinski definition) is 4. The molecule has 0 radical (unpaired) electrons. The van der Waals surface area contributed by atoms with Crippen LogP contribution < -0.4 is 5.32 Å². The zero-order valence-corrected chi connectivity index (χ0v) is 13.7. The van der Waals surface area contributed by atoms with Crippen LogP contribution in [0.25, 0.3) is 10.1 Å². The van der Waals surface area contributed by atoms with Gasteiger partial charge in [-0.25, -0.2) is 9.18 Å². The molecule has 118 valence electrons. The van der Waals surface area contributed by atoms with Crippen LogP contribution in [0.4, 0.5) is 4.39 Å². The zero-order chi connectivity index (χ0) is 16.3. The lowest BCUT2D eigenvalue weighted by Gasteiger charge is -2.07. The number of halogens is 2. The van der Waals surface area contributed by atoms with Crippen molar-refractivity contribution in [3.63, 3.8) is 0 Å². The lowest BCUT2D eigenvalue weighted by Crippen LogP contribution is -2.31. The minimum Gasteiger partial charge on any atom is -0.451 e. The zero-order valence-electron chi connectivity index (χ0n) is 12.1. The van der Waals surface area contributed by atoms with E-state index >= 15 is 0 Å². The van der Waals surface area contributed by atoms with Gasteiger partial charge in [0.15, 0.2) is 6.61 Å². The first-order chi connectivity index (χ1) is 10.4. The third-order valence-electron chi connectivity index (χ3n) is 2.82. The molecule has 0 bridgehead atoms. The Morgan fingerprint density at radius 2 is 2.14 bits per heavy atom. The van der Waals surface area contributed by atoms with E-state index < -0.39 is 11.8 Å². The summed E-state index contributed by atoms with van der Waals surface area (Å²) < 4.78 is 18.7. The maximum Gasteiger partial charge on any atom is 0.350 e. The molecular formula is C15H15ClFNO3S. The molecule has 0 saturated heterocycles. The maximum absolute atomic E-state index is 13.2. The Morgan fingerprint density at radius 3 is 2.82 bits per heavy atom. The molecule has 0 atom stereocenters. The van der Waals surface area contributed by atoms with Gasteiger partial charge in [0.2, 0.25) is 0 Å². The van der Waals surface area contributed by atoms with E-state index in [0.29, 0.717) is 22.5 Å². The number of esters is 1. The molecule has 0 aliphatic carbocycles. The maximum atomic E-state index is 13.2. The predicted molar refractivity (Wildman–Crippen MR) is 84.9 cm³/mol. The normalized spacial score (nSPS) is 11.0. The van der Waals surface area contributed by atoms with Crippen LogP contribution in [0.2, 0.25) is 5.02 Å². The van der Waals surface area contributed by atoms with Gasteiger partial charge in [0, 0.05) is 16.6 Å². The SMILES string of the molecule is CC(C)CNC(=O)COC(=O)c1sc2cc(F)ccc2c1Cl. The number of thiophene rings is 1. The average Bonchev–Trinajstić information content (AvgIpc) is 2.79. The molecule has 2 rings (SSSR count). The van der Waals surface area contributed by atoms with Gasteiger partial charge in [-0.2, -0.15) is 0 Å². The van der Waals surface area contributed by atoms with E-state index in [0.717, 1.165) is 11.3 Å². The Hall–Kier alpha value is -1.66. The summed E-state index contributed by atoms with van der Waals surface area (Å²) >= 11 is 7.15. The van der Waals surface area contributed by atoms with E-state index in [2.05, 4.69) is 5.32 Å². The fourth-order valence-electron chi connectivity index (χ4n) is 1.74. The van der Waals surface area contributed by atoms with Gasteiger partial charge in [0.1, 0.15) is 10.7 Å². The van der Waals surface area contributed by atoms with Crippen LogP contribution in [-0.2, 0) is 9.53 Å². The Morgan fingerprint density at radius 1 is 1.41 bits per heavy atom. The smallest absolute Gasteiger partial charge is 0.350 e. The molecule has 1 N–H and O–H groups in total. The molecule has 0 unspecified atom stereocenters. The van der Waals surface area contributed by atoms with Crippen molar-refractivity contribution in [2.75, 3.05) is 13.2 Å². The highest BCUT2D eigenvalue weighted by Gasteiger charge is 2.19. The standard InChI is InChI=1S/C15H15ClFNO3S/c1-8(2)6-18-12(19)7-21-15(20)14-13(16)10-4-3-9(17)5-11(10)22-14/h3-5,8H,6-7H2,1-2H3,(H,18,19). The van der Waals surface area contributed by atoms with Crippen molar-refractivity contribution in [3.05, 3.63) is 33.9 Å². The number of carbonyl (C=O) groups excluding carboxylic acids is 2. The molecule has 1 aromatic heterocycles. The lowest BCUT2D eigenvalue weighted by molar-refractivity contribution is -0.124. The number of hydrogen-bond donors (Lipinski definition) is 1. The highest BCUT2D eigenvalue weighted by molar-refractivity contribution is 7.21. The van der Waals surface area contributed by atoms with E-state index in [9.17, 15) is 14.0 Å². The molecule has 2 aromatic rings. The third kappa shape index (κ3) is 3.96. The van der Waals surface area contributed by atoms with Gasteiger partial charge < -0.3 is 10.1 Å². The van der Waals surface area contributed by atoms with Crippen molar-refractivity contribution in [2.45, 2.75) is 13.8 Å². The second-order valence-corrected chi connectivity index (χ2v) is 6.59. The van der Waals surface area contributed by atoms with Crippen molar-refractivity contribution in [1.29, 1.82) is 0 Å². The van der Waals surface area contributed by atoms with Crippen LogP contribution in [0.1, 0.15) is 23.5 Å². The molecular weight excluding hydrogens is 329 g/mol. The van der Waals surface area contributed by atoms with Crippen LogP contribution in [0, 0.1) is 11.7 Å². The van der Waals surface area contributed by atoms with E-state index in [1.807, 2.05) is 13.8 Å². The summed E-state index contributed by atoms with van der Waals surface area (Å²) in [4.78, 5) is 23.7. The number of benzene rings is 1. The van der Waals surface area contributed by atoms with E-state index in [1.165, 1.54) is 18.2 Å². The minimum atomic E-state index is -0.689. The molecule has 1 heterocycles. The number of fused-ring (bicyclic) bond motifs is 1.